The second-order valence-corrected chi connectivity index (χ2v) is 7.29. The molecular weight excluding hydrogens is 384 g/mol. The molecule has 0 heterocycles. The van der Waals surface area contributed by atoms with Gasteiger partial charge in [-0.3, -0.25) is 4.79 Å². The van der Waals surface area contributed by atoms with Crippen LogP contribution in [0.5, 0.6) is 0 Å². The van der Waals surface area contributed by atoms with Crippen molar-refractivity contribution < 1.29 is 27.5 Å². The number of esters is 1. The average Bonchev–Trinajstić information content (AvgIpc) is 2.59. The number of hydrogen-bond donors (Lipinski definition) is 2. The average molecular weight is 405 g/mol. The van der Waals surface area contributed by atoms with Gasteiger partial charge in [-0.1, -0.05) is 17.7 Å². The van der Waals surface area contributed by atoms with Crippen LogP contribution in [0.25, 0.3) is 0 Å². The van der Waals surface area contributed by atoms with Gasteiger partial charge < -0.3 is 14.8 Å². The van der Waals surface area contributed by atoms with Crippen molar-refractivity contribution in [1.82, 2.24) is 10.0 Å². The number of carbonyl (C=O) groups is 2. The first-order chi connectivity index (χ1) is 12.2. The van der Waals surface area contributed by atoms with Gasteiger partial charge in [-0.05, 0) is 25.1 Å². The zero-order valence-electron chi connectivity index (χ0n) is 14.5. The second kappa shape index (κ2) is 10.3. The summed E-state index contributed by atoms with van der Waals surface area (Å²) in [6.07, 6.45) is 0.396. The molecule has 1 amide bonds. The van der Waals surface area contributed by atoms with Gasteiger partial charge in [-0.15, -0.1) is 6.58 Å². The number of halogens is 1. The standard InChI is InChI=1S/C16H21ClN2O6S/c1-4-7-18-15(20)11(2)25-16(21)13-10-12(5-6-14(13)17)26(22,23)19-8-9-24-3/h4-6,10-11,19H,1,7-9H2,2-3H3,(H,18,20)/t11-/m1/s1. The summed E-state index contributed by atoms with van der Waals surface area (Å²) in [5.74, 6) is -1.43. The molecule has 0 saturated carbocycles. The summed E-state index contributed by atoms with van der Waals surface area (Å²) in [5.41, 5.74) is -0.162. The van der Waals surface area contributed by atoms with Gasteiger partial charge in [0, 0.05) is 20.2 Å². The number of sulfonamides is 1. The molecule has 10 heteroatoms. The van der Waals surface area contributed by atoms with E-state index in [0.717, 1.165) is 6.07 Å². The lowest BCUT2D eigenvalue weighted by atomic mass is 10.2. The molecule has 1 aromatic rings. The normalized spacial score (nSPS) is 12.3. The molecule has 0 saturated heterocycles. The highest BCUT2D eigenvalue weighted by molar-refractivity contribution is 7.89. The molecule has 0 radical (unpaired) electrons. The van der Waals surface area contributed by atoms with E-state index in [0.29, 0.717) is 0 Å². The molecule has 0 bridgehead atoms. The minimum absolute atomic E-state index is 0.00420. The summed E-state index contributed by atoms with van der Waals surface area (Å²) in [6, 6.07) is 3.62. The Morgan fingerprint density at radius 3 is 2.69 bits per heavy atom. The molecule has 0 aliphatic carbocycles. The maximum atomic E-state index is 12.3. The first-order valence-corrected chi connectivity index (χ1v) is 9.46. The van der Waals surface area contributed by atoms with E-state index >= 15 is 0 Å². The fourth-order valence-corrected chi connectivity index (χ4v) is 3.02. The monoisotopic (exact) mass is 404 g/mol. The summed E-state index contributed by atoms with van der Waals surface area (Å²) >= 11 is 5.96. The minimum atomic E-state index is -3.85. The summed E-state index contributed by atoms with van der Waals surface area (Å²) in [7, 11) is -2.41. The fourth-order valence-electron chi connectivity index (χ4n) is 1.78. The molecule has 0 aliphatic rings. The van der Waals surface area contributed by atoms with Gasteiger partial charge in [0.2, 0.25) is 10.0 Å². The number of rotatable bonds is 10. The summed E-state index contributed by atoms with van der Waals surface area (Å²) in [6.45, 7) is 5.34. The maximum Gasteiger partial charge on any atom is 0.340 e. The van der Waals surface area contributed by atoms with Crippen LogP contribution in [-0.2, 0) is 24.3 Å². The van der Waals surface area contributed by atoms with Gasteiger partial charge in [0.1, 0.15) is 0 Å². The van der Waals surface area contributed by atoms with Crippen LogP contribution in [0.15, 0.2) is 35.7 Å². The molecule has 0 fully saturated rings. The van der Waals surface area contributed by atoms with Crippen LogP contribution in [0.3, 0.4) is 0 Å². The van der Waals surface area contributed by atoms with Crippen LogP contribution in [0.1, 0.15) is 17.3 Å². The molecule has 1 rings (SSSR count). The largest absolute Gasteiger partial charge is 0.449 e. The fraction of sp³-hybridized carbons (Fsp3) is 0.375. The number of nitrogens with one attached hydrogen (secondary N) is 2. The topological polar surface area (TPSA) is 111 Å². The Balaban J connectivity index is 2.94. The van der Waals surface area contributed by atoms with Crippen molar-refractivity contribution in [2.24, 2.45) is 0 Å². The second-order valence-electron chi connectivity index (χ2n) is 5.11. The van der Waals surface area contributed by atoms with Crippen LogP contribution >= 0.6 is 11.6 Å². The Labute approximate surface area is 157 Å². The number of ether oxygens (including phenoxy) is 2. The van der Waals surface area contributed by atoms with E-state index in [2.05, 4.69) is 16.6 Å². The molecule has 0 aromatic heterocycles. The molecule has 1 aromatic carbocycles. The van der Waals surface area contributed by atoms with Gasteiger partial charge >= 0.3 is 5.97 Å². The number of amides is 1. The molecule has 0 unspecified atom stereocenters. The van der Waals surface area contributed by atoms with E-state index in [9.17, 15) is 18.0 Å². The van der Waals surface area contributed by atoms with Gasteiger partial charge in [-0.25, -0.2) is 17.9 Å². The SMILES string of the molecule is C=CCNC(=O)[C@@H](C)OC(=O)c1cc(S(=O)(=O)NCCOC)ccc1Cl. The van der Waals surface area contributed by atoms with E-state index < -0.39 is 28.0 Å². The Bertz CT molecular complexity index is 766. The maximum absolute atomic E-state index is 12.3. The Kier molecular flexibility index (Phi) is 8.73. The van der Waals surface area contributed by atoms with Crippen LogP contribution in [0.2, 0.25) is 5.02 Å². The van der Waals surface area contributed by atoms with Crippen molar-refractivity contribution in [1.29, 1.82) is 0 Å². The minimum Gasteiger partial charge on any atom is -0.449 e. The lowest BCUT2D eigenvalue weighted by molar-refractivity contribution is -0.128. The van der Waals surface area contributed by atoms with Crippen molar-refractivity contribution in [3.8, 4) is 0 Å². The third-order valence-corrected chi connectivity index (χ3v) is 4.93. The lowest BCUT2D eigenvalue weighted by Crippen LogP contribution is -2.36. The molecule has 1 atom stereocenters. The van der Waals surface area contributed by atoms with Crippen LogP contribution in [-0.4, -0.2) is 53.2 Å². The molecule has 144 valence electrons. The number of hydrogen-bond acceptors (Lipinski definition) is 6. The van der Waals surface area contributed by atoms with E-state index in [1.807, 2.05) is 0 Å². The molecular formula is C16H21ClN2O6S. The number of methoxy groups -OCH3 is 1. The predicted octanol–water partition coefficient (Wildman–Crippen LogP) is 1.11. The Morgan fingerprint density at radius 1 is 1.38 bits per heavy atom. The van der Waals surface area contributed by atoms with Crippen LogP contribution in [0, 0.1) is 0 Å². The van der Waals surface area contributed by atoms with Gasteiger partial charge in [-0.2, -0.15) is 0 Å². The van der Waals surface area contributed by atoms with Crippen molar-refractivity contribution in [2.75, 3.05) is 26.8 Å². The first kappa shape index (κ1) is 22.1. The molecule has 0 aliphatic heterocycles. The van der Waals surface area contributed by atoms with E-state index in [4.69, 9.17) is 21.1 Å². The Hall–Kier alpha value is -1.94. The highest BCUT2D eigenvalue weighted by Crippen LogP contribution is 2.22. The lowest BCUT2D eigenvalue weighted by Gasteiger charge is -2.14. The Morgan fingerprint density at radius 2 is 2.08 bits per heavy atom. The summed E-state index contributed by atoms with van der Waals surface area (Å²) in [5, 5.41) is 2.49. The van der Waals surface area contributed by atoms with Crippen molar-refractivity contribution in [2.45, 2.75) is 17.9 Å². The van der Waals surface area contributed by atoms with E-state index in [-0.39, 0.29) is 35.2 Å². The van der Waals surface area contributed by atoms with Crippen molar-refractivity contribution >= 4 is 33.5 Å². The van der Waals surface area contributed by atoms with Gasteiger partial charge in [0.25, 0.3) is 5.91 Å². The number of carbonyl (C=O) groups excluding carboxylic acids is 2. The quantitative estimate of drug-likeness (QED) is 0.343. The summed E-state index contributed by atoms with van der Waals surface area (Å²) < 4.78 is 36.6. The third-order valence-electron chi connectivity index (χ3n) is 3.14. The predicted molar refractivity (Wildman–Crippen MR) is 96.6 cm³/mol. The molecule has 0 spiro atoms. The van der Waals surface area contributed by atoms with E-state index in [1.54, 1.807) is 0 Å². The highest BCUT2D eigenvalue weighted by atomic mass is 35.5. The zero-order valence-corrected chi connectivity index (χ0v) is 16.0. The van der Waals surface area contributed by atoms with Gasteiger partial charge in [0.15, 0.2) is 6.10 Å². The smallest absolute Gasteiger partial charge is 0.340 e. The van der Waals surface area contributed by atoms with Crippen molar-refractivity contribution in [3.63, 3.8) is 0 Å². The van der Waals surface area contributed by atoms with E-state index in [1.165, 1.54) is 32.2 Å². The van der Waals surface area contributed by atoms with Gasteiger partial charge in [0.05, 0.1) is 22.1 Å². The summed E-state index contributed by atoms with van der Waals surface area (Å²) in [4.78, 5) is 23.8. The highest BCUT2D eigenvalue weighted by Gasteiger charge is 2.23. The molecule has 8 nitrogen and oxygen atoms in total. The molecule has 26 heavy (non-hydrogen) atoms. The number of benzene rings is 1. The zero-order chi connectivity index (χ0) is 19.7. The van der Waals surface area contributed by atoms with Crippen LogP contribution in [0.4, 0.5) is 0 Å². The third kappa shape index (κ3) is 6.41. The van der Waals surface area contributed by atoms with Crippen LogP contribution < -0.4 is 10.0 Å². The first-order valence-electron chi connectivity index (χ1n) is 7.60. The molecule has 2 N–H and O–H groups in total. The van der Waals surface area contributed by atoms with Crippen molar-refractivity contribution in [3.05, 3.63) is 41.4 Å².